The van der Waals surface area contributed by atoms with Crippen LogP contribution in [0.15, 0.2) is 18.2 Å². The fraction of sp³-hybridized carbons (Fsp3) is 0.562. The molecule has 0 aliphatic carbocycles. The van der Waals surface area contributed by atoms with Gasteiger partial charge in [-0.15, -0.1) is 0 Å². The minimum absolute atomic E-state index is 0.0805. The third kappa shape index (κ3) is 3.62. The van der Waals surface area contributed by atoms with Crippen molar-refractivity contribution in [3.63, 3.8) is 0 Å². The number of carbonyl (C=O) groups excluding carboxylic acids is 1. The Morgan fingerprint density at radius 3 is 2.41 bits per heavy atom. The van der Waals surface area contributed by atoms with Gasteiger partial charge in [0.1, 0.15) is 0 Å². The molecule has 0 bridgehead atoms. The van der Waals surface area contributed by atoms with Crippen LogP contribution in [0.2, 0.25) is 0 Å². The molecule has 2 amide bonds. The Hall–Kier alpha value is -1.95. The number of carbonyl (C=O) groups is 1. The summed E-state index contributed by atoms with van der Waals surface area (Å²) in [6.07, 6.45) is 0. The molecule has 1 saturated heterocycles. The van der Waals surface area contributed by atoms with Crippen LogP contribution in [-0.4, -0.2) is 51.5 Å². The second kappa shape index (κ2) is 6.87. The summed E-state index contributed by atoms with van der Waals surface area (Å²) in [6.45, 7) is 6.34. The van der Waals surface area contributed by atoms with Crippen LogP contribution in [0.25, 0.3) is 0 Å². The topological polar surface area (TPSA) is 60.0 Å². The molecule has 1 aliphatic rings. The van der Waals surface area contributed by atoms with Gasteiger partial charge in [0, 0.05) is 13.1 Å². The first-order chi connectivity index (χ1) is 10.5. The molecular weight excluding hydrogens is 284 g/mol. The van der Waals surface area contributed by atoms with Crippen LogP contribution in [0.5, 0.6) is 11.5 Å². The van der Waals surface area contributed by atoms with Crippen LogP contribution in [0.4, 0.5) is 4.79 Å². The standard InChI is InChI=1S/C16H24N2O4/c1-16(2,17-15(19)18-7-9-22-10-8-18)12-5-6-13(20-3)14(11-12)21-4/h5-6,11H,7-10H2,1-4H3,(H,17,19). The first-order valence-electron chi connectivity index (χ1n) is 7.35. The number of amides is 2. The van der Waals surface area contributed by atoms with Crippen molar-refractivity contribution >= 4 is 6.03 Å². The van der Waals surface area contributed by atoms with E-state index in [1.54, 1.807) is 19.1 Å². The molecule has 0 aromatic heterocycles. The highest BCUT2D eigenvalue weighted by Gasteiger charge is 2.27. The monoisotopic (exact) mass is 308 g/mol. The number of nitrogens with one attached hydrogen (secondary N) is 1. The second-order valence-electron chi connectivity index (χ2n) is 5.72. The van der Waals surface area contributed by atoms with E-state index >= 15 is 0 Å². The third-order valence-corrected chi connectivity index (χ3v) is 3.82. The number of nitrogens with zero attached hydrogens (tertiary/aromatic N) is 1. The third-order valence-electron chi connectivity index (χ3n) is 3.82. The number of benzene rings is 1. The molecular formula is C16H24N2O4. The zero-order valence-electron chi connectivity index (χ0n) is 13.6. The van der Waals surface area contributed by atoms with Crippen molar-refractivity contribution in [1.82, 2.24) is 10.2 Å². The fourth-order valence-corrected chi connectivity index (χ4v) is 2.41. The van der Waals surface area contributed by atoms with Crippen LogP contribution >= 0.6 is 0 Å². The maximum Gasteiger partial charge on any atom is 0.318 e. The van der Waals surface area contributed by atoms with Crippen molar-refractivity contribution in [3.05, 3.63) is 23.8 Å². The number of ether oxygens (including phenoxy) is 3. The molecule has 6 heteroatoms. The van der Waals surface area contributed by atoms with Crippen molar-refractivity contribution in [1.29, 1.82) is 0 Å². The summed E-state index contributed by atoms with van der Waals surface area (Å²) < 4.78 is 15.8. The largest absolute Gasteiger partial charge is 0.493 e. The number of hydrogen-bond donors (Lipinski definition) is 1. The Balaban J connectivity index is 2.13. The highest BCUT2D eigenvalue weighted by molar-refractivity contribution is 5.75. The molecule has 0 radical (unpaired) electrons. The minimum atomic E-state index is -0.519. The van der Waals surface area contributed by atoms with Crippen LogP contribution in [0, 0.1) is 0 Å². The van der Waals surface area contributed by atoms with E-state index in [2.05, 4.69) is 5.32 Å². The van der Waals surface area contributed by atoms with Gasteiger partial charge < -0.3 is 24.4 Å². The predicted molar refractivity (Wildman–Crippen MR) is 83.5 cm³/mol. The molecule has 1 aliphatic heterocycles. The fourth-order valence-electron chi connectivity index (χ4n) is 2.41. The lowest BCUT2D eigenvalue weighted by molar-refractivity contribution is 0.0514. The van der Waals surface area contributed by atoms with Gasteiger partial charge in [-0.3, -0.25) is 0 Å². The summed E-state index contributed by atoms with van der Waals surface area (Å²) in [5.74, 6) is 1.32. The molecule has 6 nitrogen and oxygen atoms in total. The lowest BCUT2D eigenvalue weighted by Crippen LogP contribution is -2.51. The molecule has 1 aromatic rings. The van der Waals surface area contributed by atoms with Crippen molar-refractivity contribution in [3.8, 4) is 11.5 Å². The van der Waals surface area contributed by atoms with Crippen molar-refractivity contribution < 1.29 is 19.0 Å². The molecule has 1 fully saturated rings. The Labute approximate surface area is 131 Å². The van der Waals surface area contributed by atoms with Gasteiger partial charge in [-0.25, -0.2) is 4.79 Å². The van der Waals surface area contributed by atoms with Gasteiger partial charge in [-0.2, -0.15) is 0 Å². The molecule has 1 heterocycles. The molecule has 2 rings (SSSR count). The summed E-state index contributed by atoms with van der Waals surface area (Å²) in [4.78, 5) is 14.1. The average Bonchev–Trinajstić information content (AvgIpc) is 2.54. The first-order valence-corrected chi connectivity index (χ1v) is 7.35. The van der Waals surface area contributed by atoms with Crippen molar-refractivity contribution in [2.75, 3.05) is 40.5 Å². The van der Waals surface area contributed by atoms with E-state index in [4.69, 9.17) is 14.2 Å². The zero-order valence-corrected chi connectivity index (χ0v) is 13.6. The second-order valence-corrected chi connectivity index (χ2v) is 5.72. The van der Waals surface area contributed by atoms with Crippen LogP contribution in [-0.2, 0) is 10.3 Å². The summed E-state index contributed by atoms with van der Waals surface area (Å²) in [6, 6.07) is 5.58. The first kappa shape index (κ1) is 16.4. The smallest absolute Gasteiger partial charge is 0.318 e. The number of morpholine rings is 1. The van der Waals surface area contributed by atoms with E-state index < -0.39 is 5.54 Å². The summed E-state index contributed by atoms with van der Waals surface area (Å²) >= 11 is 0. The van der Waals surface area contributed by atoms with E-state index in [1.165, 1.54) is 0 Å². The highest BCUT2D eigenvalue weighted by Crippen LogP contribution is 2.32. The van der Waals surface area contributed by atoms with Crippen LogP contribution in [0.3, 0.4) is 0 Å². The maximum atomic E-state index is 12.4. The normalized spacial score (nSPS) is 15.4. The van der Waals surface area contributed by atoms with E-state index in [1.807, 2.05) is 32.0 Å². The highest BCUT2D eigenvalue weighted by atomic mass is 16.5. The Bertz CT molecular complexity index is 525. The average molecular weight is 308 g/mol. The number of methoxy groups -OCH3 is 2. The van der Waals surface area contributed by atoms with Gasteiger partial charge >= 0.3 is 6.03 Å². The number of hydrogen-bond acceptors (Lipinski definition) is 4. The summed E-state index contributed by atoms with van der Waals surface area (Å²) in [5, 5.41) is 3.07. The SMILES string of the molecule is COc1ccc(C(C)(C)NC(=O)N2CCOCC2)cc1OC. The molecule has 0 spiro atoms. The van der Waals surface area contributed by atoms with Gasteiger partial charge in [0.05, 0.1) is 33.0 Å². The lowest BCUT2D eigenvalue weighted by Gasteiger charge is -2.33. The maximum absolute atomic E-state index is 12.4. The molecule has 0 atom stereocenters. The molecule has 22 heavy (non-hydrogen) atoms. The lowest BCUT2D eigenvalue weighted by atomic mass is 9.94. The summed E-state index contributed by atoms with van der Waals surface area (Å²) in [5.41, 5.74) is 0.432. The molecule has 1 N–H and O–H groups in total. The number of urea groups is 1. The van der Waals surface area contributed by atoms with Gasteiger partial charge in [0.25, 0.3) is 0 Å². The van der Waals surface area contributed by atoms with E-state index in [-0.39, 0.29) is 6.03 Å². The molecule has 0 saturated carbocycles. The van der Waals surface area contributed by atoms with Crippen LogP contribution in [0.1, 0.15) is 19.4 Å². The molecule has 122 valence electrons. The van der Waals surface area contributed by atoms with E-state index in [0.717, 1.165) is 5.56 Å². The quantitative estimate of drug-likeness (QED) is 0.924. The van der Waals surface area contributed by atoms with Gasteiger partial charge in [0.15, 0.2) is 11.5 Å². The van der Waals surface area contributed by atoms with E-state index in [9.17, 15) is 4.79 Å². The van der Waals surface area contributed by atoms with Gasteiger partial charge in [-0.1, -0.05) is 6.07 Å². The molecule has 0 unspecified atom stereocenters. The van der Waals surface area contributed by atoms with Gasteiger partial charge in [0.2, 0.25) is 0 Å². The van der Waals surface area contributed by atoms with Crippen LogP contribution < -0.4 is 14.8 Å². The minimum Gasteiger partial charge on any atom is -0.493 e. The van der Waals surface area contributed by atoms with Crippen molar-refractivity contribution in [2.45, 2.75) is 19.4 Å². The van der Waals surface area contributed by atoms with Gasteiger partial charge in [-0.05, 0) is 31.5 Å². The van der Waals surface area contributed by atoms with Crippen molar-refractivity contribution in [2.24, 2.45) is 0 Å². The Morgan fingerprint density at radius 1 is 1.18 bits per heavy atom. The Morgan fingerprint density at radius 2 is 1.82 bits per heavy atom. The predicted octanol–water partition coefficient (Wildman–Crippen LogP) is 1.98. The van der Waals surface area contributed by atoms with E-state index in [0.29, 0.717) is 37.8 Å². The summed E-state index contributed by atoms with van der Waals surface area (Å²) in [7, 11) is 3.20. The molecule has 1 aromatic carbocycles. The number of rotatable bonds is 4. The zero-order chi connectivity index (χ0) is 16.2. The Kier molecular flexibility index (Phi) is 5.13.